The standard InChI is InChI=1S/C10H14BrClN5O7P/c11-9-14-3-6(12)15-10(13)16-7(3)17(9)8-5(19)4(18)2(24-8)1-23-25(20,21)22/h2,4-6,8,18-19H,1H2,(H3,13,15,16)(H2,20,21,22)/t2?,4?,5-,6?,8+/m0/s1. The van der Waals surface area contributed by atoms with Gasteiger partial charge in [0.15, 0.2) is 28.2 Å². The highest BCUT2D eigenvalue weighted by atomic mass is 79.9. The Hall–Kier alpha value is -0.760. The molecule has 25 heavy (non-hydrogen) atoms. The summed E-state index contributed by atoms with van der Waals surface area (Å²) >= 11 is 9.30. The summed E-state index contributed by atoms with van der Waals surface area (Å²) in [5.41, 5.74) is 5.20. The minimum absolute atomic E-state index is 0.0237. The molecule has 0 radical (unpaired) electrons. The van der Waals surface area contributed by atoms with E-state index in [2.05, 4.69) is 35.7 Å². The Morgan fingerprint density at radius 2 is 2.12 bits per heavy atom. The van der Waals surface area contributed by atoms with Crippen molar-refractivity contribution in [2.24, 2.45) is 10.7 Å². The molecule has 0 aromatic carbocycles. The number of imidazole rings is 1. The molecule has 0 saturated carbocycles. The van der Waals surface area contributed by atoms with Crippen LogP contribution in [0.2, 0.25) is 0 Å². The number of hydrogen-bond donors (Lipinski definition) is 6. The van der Waals surface area contributed by atoms with Crippen LogP contribution >= 0.6 is 35.4 Å². The maximum absolute atomic E-state index is 10.8. The highest BCUT2D eigenvalue weighted by Crippen LogP contribution is 2.42. The fourth-order valence-corrected chi connectivity index (χ4v) is 3.68. The molecular formula is C10H14BrClN5O7P. The molecule has 3 heterocycles. The SMILES string of the molecule is NC1=Nc2c(nc(Br)n2[C@@H]2OC(COP(=O)(O)O)C(O)[C@@H]2O)C(Cl)N1. The lowest BCUT2D eigenvalue weighted by Gasteiger charge is -2.21. The molecule has 0 amide bonds. The van der Waals surface area contributed by atoms with Gasteiger partial charge in [0, 0.05) is 0 Å². The topological polar surface area (TPSA) is 185 Å². The van der Waals surface area contributed by atoms with Gasteiger partial charge in [0.1, 0.15) is 24.0 Å². The van der Waals surface area contributed by atoms with Gasteiger partial charge in [-0.05, 0) is 15.9 Å². The maximum Gasteiger partial charge on any atom is 0.469 e. The molecule has 1 fully saturated rings. The Kier molecular flexibility index (Phi) is 5.14. The fourth-order valence-electron chi connectivity index (χ4n) is 2.52. The zero-order chi connectivity index (χ0) is 18.5. The second-order valence-corrected chi connectivity index (χ2v) is 7.68. The van der Waals surface area contributed by atoms with E-state index in [1.54, 1.807) is 0 Å². The van der Waals surface area contributed by atoms with Crippen LogP contribution in [-0.4, -0.2) is 60.4 Å². The smallest absolute Gasteiger partial charge is 0.387 e. The lowest BCUT2D eigenvalue weighted by atomic mass is 10.1. The molecule has 3 unspecified atom stereocenters. The molecule has 15 heteroatoms. The molecule has 1 saturated heterocycles. The first-order chi connectivity index (χ1) is 11.6. The number of halogens is 2. The first-order valence-electron chi connectivity index (χ1n) is 6.82. The highest BCUT2D eigenvalue weighted by molar-refractivity contribution is 9.10. The largest absolute Gasteiger partial charge is 0.469 e. The Bertz CT molecular complexity index is 756. The van der Waals surface area contributed by atoms with E-state index < -0.39 is 44.5 Å². The van der Waals surface area contributed by atoms with Crippen LogP contribution in [0.4, 0.5) is 5.82 Å². The van der Waals surface area contributed by atoms with Crippen LogP contribution in [0.5, 0.6) is 0 Å². The van der Waals surface area contributed by atoms with Crippen molar-refractivity contribution >= 4 is 47.1 Å². The van der Waals surface area contributed by atoms with Crippen LogP contribution in [0.3, 0.4) is 0 Å². The second-order valence-electron chi connectivity index (χ2n) is 5.30. The summed E-state index contributed by atoms with van der Waals surface area (Å²) in [5.74, 6) is 0.228. The summed E-state index contributed by atoms with van der Waals surface area (Å²) in [6, 6.07) is 0. The van der Waals surface area contributed by atoms with Gasteiger partial charge in [-0.25, -0.2) is 9.55 Å². The second kappa shape index (κ2) is 6.76. The van der Waals surface area contributed by atoms with Crippen molar-refractivity contribution in [2.45, 2.75) is 30.0 Å². The quantitative estimate of drug-likeness (QED) is 0.187. The number of rotatable bonds is 4. The van der Waals surface area contributed by atoms with Crippen molar-refractivity contribution in [3.05, 3.63) is 10.4 Å². The van der Waals surface area contributed by atoms with Gasteiger partial charge >= 0.3 is 7.82 Å². The van der Waals surface area contributed by atoms with Gasteiger partial charge in [-0.2, -0.15) is 4.99 Å². The highest BCUT2D eigenvalue weighted by Gasteiger charge is 2.46. The molecule has 5 atom stereocenters. The van der Waals surface area contributed by atoms with Crippen molar-refractivity contribution in [3.63, 3.8) is 0 Å². The number of ether oxygens (including phenoxy) is 1. The lowest BCUT2D eigenvalue weighted by Crippen LogP contribution is -2.36. The van der Waals surface area contributed by atoms with E-state index in [1.807, 2.05) is 0 Å². The van der Waals surface area contributed by atoms with Gasteiger partial charge in [-0.15, -0.1) is 0 Å². The van der Waals surface area contributed by atoms with Crippen LogP contribution in [0.1, 0.15) is 17.4 Å². The van der Waals surface area contributed by atoms with Crippen LogP contribution in [0.15, 0.2) is 9.73 Å². The predicted octanol–water partition coefficient (Wildman–Crippen LogP) is -0.839. The minimum Gasteiger partial charge on any atom is -0.387 e. The summed E-state index contributed by atoms with van der Waals surface area (Å²) in [7, 11) is -4.75. The van der Waals surface area contributed by atoms with E-state index in [9.17, 15) is 14.8 Å². The Labute approximate surface area is 154 Å². The first-order valence-corrected chi connectivity index (χ1v) is 9.58. The number of phosphoric ester groups is 1. The van der Waals surface area contributed by atoms with Crippen molar-refractivity contribution in [2.75, 3.05) is 6.61 Å². The molecular weight excluding hydrogens is 448 g/mol. The van der Waals surface area contributed by atoms with Gasteiger partial charge in [-0.1, -0.05) is 11.6 Å². The van der Waals surface area contributed by atoms with Gasteiger partial charge in [0.05, 0.1) is 6.61 Å². The number of nitrogens with zero attached hydrogens (tertiary/aromatic N) is 3. The molecule has 2 aliphatic heterocycles. The number of hydrogen-bond acceptors (Lipinski definition) is 9. The monoisotopic (exact) mass is 461 g/mol. The molecule has 0 bridgehead atoms. The van der Waals surface area contributed by atoms with Gasteiger partial charge in [-0.3, -0.25) is 9.09 Å². The molecule has 12 nitrogen and oxygen atoms in total. The molecule has 7 N–H and O–H groups in total. The third-order valence-corrected chi connectivity index (χ3v) is 4.97. The third-order valence-electron chi connectivity index (χ3n) is 3.61. The molecule has 3 rings (SSSR count). The van der Waals surface area contributed by atoms with E-state index in [1.165, 1.54) is 4.57 Å². The average Bonchev–Trinajstić information content (AvgIpc) is 2.95. The van der Waals surface area contributed by atoms with Gasteiger partial charge in [0.2, 0.25) is 0 Å². The number of aliphatic hydroxyl groups excluding tert-OH is 2. The summed E-state index contributed by atoms with van der Waals surface area (Å²) in [6.45, 7) is -0.626. The van der Waals surface area contributed by atoms with Crippen molar-refractivity contribution in [3.8, 4) is 0 Å². The fraction of sp³-hybridized carbons (Fsp3) is 0.600. The zero-order valence-corrected chi connectivity index (χ0v) is 15.5. The van der Waals surface area contributed by atoms with Crippen molar-refractivity contribution < 1.29 is 33.8 Å². The number of nitrogens with one attached hydrogen (secondary N) is 1. The summed E-state index contributed by atoms with van der Waals surface area (Å²) in [4.78, 5) is 25.8. The number of aliphatic hydroxyl groups is 2. The Morgan fingerprint density at radius 1 is 1.44 bits per heavy atom. The van der Waals surface area contributed by atoms with E-state index in [4.69, 9.17) is 31.9 Å². The number of nitrogens with two attached hydrogens (primary N) is 1. The molecule has 0 aliphatic carbocycles. The molecule has 1 aromatic heterocycles. The lowest BCUT2D eigenvalue weighted by molar-refractivity contribution is -0.0523. The molecule has 1 aromatic rings. The van der Waals surface area contributed by atoms with Crippen molar-refractivity contribution in [1.82, 2.24) is 14.9 Å². The number of fused-ring (bicyclic) bond motifs is 1. The Morgan fingerprint density at radius 3 is 2.76 bits per heavy atom. The van der Waals surface area contributed by atoms with E-state index in [0.717, 1.165) is 0 Å². The Balaban J connectivity index is 1.89. The van der Waals surface area contributed by atoms with Crippen molar-refractivity contribution in [1.29, 1.82) is 0 Å². The number of alkyl halides is 1. The van der Waals surface area contributed by atoms with E-state index in [-0.39, 0.29) is 16.5 Å². The zero-order valence-electron chi connectivity index (χ0n) is 12.2. The number of guanidine groups is 1. The normalized spacial score (nSPS) is 32.2. The average molecular weight is 463 g/mol. The minimum atomic E-state index is -4.75. The van der Waals surface area contributed by atoms with Crippen LogP contribution in [0, 0.1) is 0 Å². The third kappa shape index (κ3) is 3.70. The maximum atomic E-state index is 10.8. The van der Waals surface area contributed by atoms with Gasteiger partial charge < -0.3 is 35.8 Å². The molecule has 140 valence electrons. The summed E-state index contributed by atoms with van der Waals surface area (Å²) < 4.78 is 22.2. The number of aliphatic imine (C=N–C) groups is 1. The molecule has 2 aliphatic rings. The van der Waals surface area contributed by atoms with E-state index >= 15 is 0 Å². The van der Waals surface area contributed by atoms with Gasteiger partial charge in [0.25, 0.3) is 0 Å². The van der Waals surface area contributed by atoms with Crippen LogP contribution in [0.25, 0.3) is 0 Å². The molecule has 0 spiro atoms. The summed E-state index contributed by atoms with van der Waals surface area (Å²) in [5, 5.41) is 23.0. The number of aromatic nitrogens is 2. The predicted molar refractivity (Wildman–Crippen MR) is 86.9 cm³/mol. The van der Waals surface area contributed by atoms with E-state index in [0.29, 0.717) is 5.69 Å². The number of phosphoric acid groups is 1. The van der Waals surface area contributed by atoms with Crippen LogP contribution in [-0.2, 0) is 13.8 Å². The summed E-state index contributed by atoms with van der Waals surface area (Å²) in [6.07, 6.45) is -5.26. The van der Waals surface area contributed by atoms with Crippen LogP contribution < -0.4 is 11.1 Å². The first kappa shape index (κ1) is 19.0.